The lowest BCUT2D eigenvalue weighted by Crippen LogP contribution is -2.22. The summed E-state index contributed by atoms with van der Waals surface area (Å²) in [5.41, 5.74) is 5.03. The van der Waals surface area contributed by atoms with E-state index in [1.165, 1.54) is 11.1 Å². The van der Waals surface area contributed by atoms with Crippen LogP contribution < -0.4 is 0 Å². The number of aryl methyl sites for hydroxylation is 1. The number of nitrogens with zero attached hydrogens (tertiary/aromatic N) is 3. The van der Waals surface area contributed by atoms with Crippen LogP contribution in [0, 0.1) is 5.92 Å². The van der Waals surface area contributed by atoms with E-state index in [9.17, 15) is 9.90 Å². The highest BCUT2D eigenvalue weighted by Gasteiger charge is 2.20. The second-order valence-corrected chi connectivity index (χ2v) is 8.56. The first-order valence-corrected chi connectivity index (χ1v) is 11.6. The standard InChI is InChI=1S/C27H31N3O2/c1-2-21-19-28-25(27(32)10-5-8-22-7-3-4-9-26(22)31)18-23(21)17-20-11-13-24(14-12-20)30-16-6-15-29-30/h5-6,8,11-16,18-19,22,26,31H,2-4,7,9-10,17H2,1H3/b8-5+/t22?,26-/m0/s1. The molecule has 3 aromatic rings. The molecule has 0 spiro atoms. The average Bonchev–Trinajstić information content (AvgIpc) is 3.36. The van der Waals surface area contributed by atoms with Gasteiger partial charge in [-0.05, 0) is 66.6 Å². The predicted octanol–water partition coefficient (Wildman–Crippen LogP) is 5.10. The van der Waals surface area contributed by atoms with E-state index >= 15 is 0 Å². The summed E-state index contributed by atoms with van der Waals surface area (Å²) >= 11 is 0. The zero-order valence-electron chi connectivity index (χ0n) is 18.7. The third-order valence-corrected chi connectivity index (χ3v) is 6.32. The molecule has 2 heterocycles. The van der Waals surface area contributed by atoms with Crippen molar-refractivity contribution in [2.24, 2.45) is 5.92 Å². The second kappa shape index (κ2) is 10.5. The van der Waals surface area contributed by atoms with Crippen molar-refractivity contribution in [3.8, 4) is 5.69 Å². The van der Waals surface area contributed by atoms with Crippen molar-refractivity contribution in [1.82, 2.24) is 14.8 Å². The largest absolute Gasteiger partial charge is 0.393 e. The number of benzene rings is 1. The fourth-order valence-corrected chi connectivity index (χ4v) is 4.39. The molecule has 0 amide bonds. The Bertz CT molecular complexity index is 1060. The zero-order chi connectivity index (χ0) is 22.3. The molecule has 2 atom stereocenters. The molecule has 1 saturated carbocycles. The number of aliphatic hydroxyl groups excluding tert-OH is 1. The molecule has 1 unspecified atom stereocenters. The summed E-state index contributed by atoms with van der Waals surface area (Å²) in [5.74, 6) is 0.191. The molecule has 1 fully saturated rings. The lowest BCUT2D eigenvalue weighted by molar-refractivity contribution is 0.0920. The molecule has 0 bridgehead atoms. The third-order valence-electron chi connectivity index (χ3n) is 6.32. The molecular formula is C27H31N3O2. The Labute approximate surface area is 189 Å². The minimum Gasteiger partial charge on any atom is -0.393 e. The van der Waals surface area contributed by atoms with Gasteiger partial charge in [0.25, 0.3) is 0 Å². The summed E-state index contributed by atoms with van der Waals surface area (Å²) in [6, 6.07) is 12.2. The van der Waals surface area contributed by atoms with E-state index in [1.807, 2.05) is 41.4 Å². The van der Waals surface area contributed by atoms with E-state index < -0.39 is 0 Å². The first kappa shape index (κ1) is 22.2. The van der Waals surface area contributed by atoms with Crippen molar-refractivity contribution in [1.29, 1.82) is 0 Å². The number of aromatic nitrogens is 3. The highest BCUT2D eigenvalue weighted by atomic mass is 16.3. The summed E-state index contributed by atoms with van der Waals surface area (Å²) in [6.45, 7) is 2.11. The van der Waals surface area contributed by atoms with Crippen LogP contribution in [0.15, 0.2) is 67.1 Å². The van der Waals surface area contributed by atoms with Gasteiger partial charge < -0.3 is 5.11 Å². The quantitative estimate of drug-likeness (QED) is 0.400. The molecule has 1 aromatic carbocycles. The number of carbonyl (C=O) groups excluding carboxylic acids is 1. The van der Waals surface area contributed by atoms with Gasteiger partial charge in [0.15, 0.2) is 5.78 Å². The monoisotopic (exact) mass is 429 g/mol. The summed E-state index contributed by atoms with van der Waals surface area (Å²) < 4.78 is 1.84. The van der Waals surface area contributed by atoms with Crippen LogP contribution in [0.25, 0.3) is 5.69 Å². The second-order valence-electron chi connectivity index (χ2n) is 8.56. The first-order chi connectivity index (χ1) is 15.6. The summed E-state index contributed by atoms with van der Waals surface area (Å²) in [5, 5.41) is 14.4. The fourth-order valence-electron chi connectivity index (χ4n) is 4.39. The van der Waals surface area contributed by atoms with Crippen molar-refractivity contribution >= 4 is 5.78 Å². The van der Waals surface area contributed by atoms with Crippen molar-refractivity contribution in [2.75, 3.05) is 0 Å². The fraction of sp³-hybridized carbons (Fsp3) is 0.370. The van der Waals surface area contributed by atoms with Crippen LogP contribution in [0.4, 0.5) is 0 Å². The maximum absolute atomic E-state index is 12.8. The summed E-state index contributed by atoms with van der Waals surface area (Å²) in [6.07, 6.45) is 15.2. The van der Waals surface area contributed by atoms with Gasteiger partial charge in [-0.15, -0.1) is 0 Å². The van der Waals surface area contributed by atoms with E-state index in [1.54, 1.807) is 6.20 Å². The van der Waals surface area contributed by atoms with Crippen LogP contribution >= 0.6 is 0 Å². The molecule has 32 heavy (non-hydrogen) atoms. The first-order valence-electron chi connectivity index (χ1n) is 11.6. The van der Waals surface area contributed by atoms with Crippen molar-refractivity contribution < 1.29 is 9.90 Å². The van der Waals surface area contributed by atoms with Crippen LogP contribution in [0.2, 0.25) is 0 Å². The third kappa shape index (κ3) is 5.40. The molecule has 2 aromatic heterocycles. The number of ketones is 1. The van der Waals surface area contributed by atoms with Crippen LogP contribution in [-0.4, -0.2) is 31.8 Å². The molecule has 1 aliphatic rings. The zero-order valence-corrected chi connectivity index (χ0v) is 18.7. The topological polar surface area (TPSA) is 68.0 Å². The Morgan fingerprint density at radius 1 is 1.19 bits per heavy atom. The smallest absolute Gasteiger partial charge is 0.184 e. The molecule has 0 saturated heterocycles. The molecule has 5 heteroatoms. The average molecular weight is 430 g/mol. The molecule has 1 aliphatic carbocycles. The Balaban J connectivity index is 1.44. The van der Waals surface area contributed by atoms with E-state index in [2.05, 4.69) is 41.3 Å². The highest BCUT2D eigenvalue weighted by Crippen LogP contribution is 2.25. The van der Waals surface area contributed by atoms with Crippen LogP contribution in [0.5, 0.6) is 0 Å². The number of rotatable bonds is 8. The molecular weight excluding hydrogens is 398 g/mol. The van der Waals surface area contributed by atoms with Gasteiger partial charge >= 0.3 is 0 Å². The van der Waals surface area contributed by atoms with Gasteiger partial charge in [0.1, 0.15) is 5.69 Å². The molecule has 4 rings (SSSR count). The minimum absolute atomic E-state index is 0.0180. The lowest BCUT2D eigenvalue weighted by atomic mass is 9.86. The molecule has 0 radical (unpaired) electrons. The number of carbonyl (C=O) groups is 1. The normalized spacial score (nSPS) is 18.8. The summed E-state index contributed by atoms with van der Waals surface area (Å²) in [7, 11) is 0. The number of allylic oxidation sites excluding steroid dienone is 1. The molecule has 5 nitrogen and oxygen atoms in total. The maximum Gasteiger partial charge on any atom is 0.184 e. The number of aliphatic hydroxyl groups is 1. The molecule has 1 N–H and O–H groups in total. The van der Waals surface area contributed by atoms with Gasteiger partial charge in [0.2, 0.25) is 0 Å². The SMILES string of the molecule is CCc1cnc(C(=O)C/C=C/C2CCCC[C@@H]2O)cc1Cc1ccc(-n2cccn2)cc1. The van der Waals surface area contributed by atoms with Gasteiger partial charge in [-0.3, -0.25) is 9.78 Å². The van der Waals surface area contributed by atoms with Gasteiger partial charge in [-0.25, -0.2) is 4.68 Å². The van der Waals surface area contributed by atoms with Gasteiger partial charge in [0, 0.05) is 30.9 Å². The van der Waals surface area contributed by atoms with Crippen LogP contribution in [0.1, 0.15) is 66.2 Å². The van der Waals surface area contributed by atoms with Gasteiger partial charge in [-0.2, -0.15) is 5.10 Å². The highest BCUT2D eigenvalue weighted by molar-refractivity contribution is 5.95. The Morgan fingerprint density at radius 3 is 2.72 bits per heavy atom. The Kier molecular flexibility index (Phi) is 7.28. The number of pyridine rings is 1. The van der Waals surface area contributed by atoms with Crippen LogP contribution in [0.3, 0.4) is 0 Å². The number of Topliss-reactive ketones (excluding diaryl/α,β-unsaturated/α-hetero) is 1. The van der Waals surface area contributed by atoms with E-state index in [-0.39, 0.29) is 17.8 Å². The van der Waals surface area contributed by atoms with Gasteiger partial charge in [-0.1, -0.05) is 44.1 Å². The van der Waals surface area contributed by atoms with Crippen molar-refractivity contribution in [2.45, 2.75) is 58.0 Å². The van der Waals surface area contributed by atoms with Crippen molar-refractivity contribution in [3.63, 3.8) is 0 Å². The van der Waals surface area contributed by atoms with Crippen molar-refractivity contribution in [3.05, 3.63) is 89.5 Å². The van der Waals surface area contributed by atoms with Gasteiger partial charge in [0.05, 0.1) is 11.8 Å². The molecule has 0 aliphatic heterocycles. The molecule has 166 valence electrons. The Morgan fingerprint density at radius 2 is 2.00 bits per heavy atom. The van der Waals surface area contributed by atoms with E-state index in [0.29, 0.717) is 12.1 Å². The van der Waals surface area contributed by atoms with E-state index in [4.69, 9.17) is 0 Å². The Hall–Kier alpha value is -3.05. The summed E-state index contributed by atoms with van der Waals surface area (Å²) in [4.78, 5) is 17.2. The minimum atomic E-state index is -0.275. The predicted molar refractivity (Wildman–Crippen MR) is 126 cm³/mol. The van der Waals surface area contributed by atoms with E-state index in [0.717, 1.165) is 49.8 Å². The number of hydrogen-bond acceptors (Lipinski definition) is 4. The maximum atomic E-state index is 12.8. The van der Waals surface area contributed by atoms with Crippen LogP contribution in [-0.2, 0) is 12.8 Å². The number of hydrogen-bond donors (Lipinski definition) is 1. The lowest BCUT2D eigenvalue weighted by Gasteiger charge is -2.24.